The van der Waals surface area contributed by atoms with Gasteiger partial charge in [-0.1, -0.05) is 29.8 Å². The Balaban J connectivity index is 1.98. The quantitative estimate of drug-likeness (QED) is 0.765. The topological polar surface area (TPSA) is 38.0 Å². The first-order valence-electron chi connectivity index (χ1n) is 5.77. The van der Waals surface area contributed by atoms with E-state index < -0.39 is 0 Å². The molecule has 1 fully saturated rings. The molecule has 0 aliphatic carbocycles. The zero-order valence-electron chi connectivity index (χ0n) is 9.37. The van der Waals surface area contributed by atoms with Gasteiger partial charge in [-0.05, 0) is 44.3 Å². The van der Waals surface area contributed by atoms with E-state index in [-0.39, 0.29) is 0 Å². The Hall–Kier alpha value is -0.860. The average Bonchev–Trinajstić information content (AvgIpc) is 2.25. The Morgan fingerprint density at radius 3 is 2.73 bits per heavy atom. The summed E-state index contributed by atoms with van der Waals surface area (Å²) < 4.78 is 0. The number of piperidine rings is 1. The fraction of sp³-hybridized carbons (Fsp3) is 0.538. The normalized spacial score (nSPS) is 26.5. The van der Waals surface area contributed by atoms with Crippen LogP contribution < -0.4 is 11.1 Å². The third kappa shape index (κ3) is 2.80. The van der Waals surface area contributed by atoms with Crippen LogP contribution in [0.3, 0.4) is 0 Å². The number of hydrogen-bond donors (Lipinski definition) is 2. The summed E-state index contributed by atoms with van der Waals surface area (Å²) >= 11 is 0. The van der Waals surface area contributed by atoms with Crippen LogP contribution in [0, 0.1) is 12.8 Å². The zero-order valence-corrected chi connectivity index (χ0v) is 9.37. The molecule has 0 spiro atoms. The van der Waals surface area contributed by atoms with Crippen LogP contribution in [0.15, 0.2) is 24.3 Å². The van der Waals surface area contributed by atoms with Gasteiger partial charge in [-0.25, -0.2) is 0 Å². The van der Waals surface area contributed by atoms with Crippen molar-refractivity contribution >= 4 is 0 Å². The lowest BCUT2D eigenvalue weighted by Crippen LogP contribution is -2.45. The monoisotopic (exact) mass is 204 g/mol. The highest BCUT2D eigenvalue weighted by atomic mass is 14.9. The van der Waals surface area contributed by atoms with Gasteiger partial charge >= 0.3 is 0 Å². The summed E-state index contributed by atoms with van der Waals surface area (Å²) in [5, 5.41) is 3.42. The van der Waals surface area contributed by atoms with Crippen molar-refractivity contribution in [3.8, 4) is 0 Å². The number of benzene rings is 1. The molecule has 82 valence electrons. The molecular weight excluding hydrogens is 184 g/mol. The molecule has 0 aromatic heterocycles. The van der Waals surface area contributed by atoms with E-state index in [2.05, 4.69) is 36.5 Å². The Labute approximate surface area is 91.9 Å². The van der Waals surface area contributed by atoms with Gasteiger partial charge in [0.05, 0.1) is 0 Å². The average molecular weight is 204 g/mol. The molecule has 2 rings (SSSR count). The molecule has 2 heteroatoms. The maximum atomic E-state index is 6.12. The first-order chi connectivity index (χ1) is 7.25. The summed E-state index contributed by atoms with van der Waals surface area (Å²) in [6.45, 7) is 4.26. The van der Waals surface area contributed by atoms with Crippen LogP contribution in [0.2, 0.25) is 0 Å². The van der Waals surface area contributed by atoms with E-state index in [1.165, 1.54) is 11.1 Å². The number of hydrogen-bond acceptors (Lipinski definition) is 2. The first-order valence-corrected chi connectivity index (χ1v) is 5.77. The van der Waals surface area contributed by atoms with Crippen LogP contribution in [0.1, 0.15) is 17.5 Å². The third-order valence-electron chi connectivity index (χ3n) is 3.28. The Bertz CT molecular complexity index is 305. The largest absolute Gasteiger partial charge is 0.327 e. The van der Waals surface area contributed by atoms with E-state index in [4.69, 9.17) is 5.73 Å². The van der Waals surface area contributed by atoms with Crippen LogP contribution in [-0.2, 0) is 6.42 Å². The van der Waals surface area contributed by atoms with Gasteiger partial charge in [0.2, 0.25) is 0 Å². The van der Waals surface area contributed by atoms with E-state index in [1.807, 2.05) is 0 Å². The van der Waals surface area contributed by atoms with Gasteiger partial charge in [0.15, 0.2) is 0 Å². The Morgan fingerprint density at radius 1 is 1.33 bits per heavy atom. The second-order valence-corrected chi connectivity index (χ2v) is 4.61. The molecule has 0 amide bonds. The third-order valence-corrected chi connectivity index (χ3v) is 3.28. The number of aryl methyl sites for hydroxylation is 1. The maximum absolute atomic E-state index is 6.12. The molecular formula is C13H20N2. The van der Waals surface area contributed by atoms with Crippen molar-refractivity contribution in [2.24, 2.45) is 11.7 Å². The van der Waals surface area contributed by atoms with Gasteiger partial charge in [-0.2, -0.15) is 0 Å². The molecule has 0 bridgehead atoms. The van der Waals surface area contributed by atoms with Gasteiger partial charge in [0.1, 0.15) is 0 Å². The van der Waals surface area contributed by atoms with Crippen molar-refractivity contribution in [2.45, 2.75) is 25.8 Å². The summed E-state index contributed by atoms with van der Waals surface area (Å²) in [5.74, 6) is 0.599. The second kappa shape index (κ2) is 4.77. The van der Waals surface area contributed by atoms with Crippen molar-refractivity contribution in [2.75, 3.05) is 13.1 Å². The maximum Gasteiger partial charge on any atom is 0.00945 e. The molecule has 0 radical (unpaired) electrons. The molecule has 1 heterocycles. The van der Waals surface area contributed by atoms with Crippen molar-refractivity contribution in [3.05, 3.63) is 35.4 Å². The van der Waals surface area contributed by atoms with Crippen molar-refractivity contribution in [1.82, 2.24) is 5.32 Å². The van der Waals surface area contributed by atoms with Crippen LogP contribution >= 0.6 is 0 Å². The summed E-state index contributed by atoms with van der Waals surface area (Å²) in [6.07, 6.45) is 2.21. The van der Waals surface area contributed by atoms with E-state index in [0.29, 0.717) is 12.0 Å². The van der Waals surface area contributed by atoms with Crippen LogP contribution in [0.5, 0.6) is 0 Å². The molecule has 1 aliphatic heterocycles. The van der Waals surface area contributed by atoms with Crippen molar-refractivity contribution in [3.63, 3.8) is 0 Å². The number of nitrogens with one attached hydrogen (secondary N) is 1. The Kier molecular flexibility index (Phi) is 3.39. The lowest BCUT2D eigenvalue weighted by atomic mass is 9.88. The van der Waals surface area contributed by atoms with E-state index in [0.717, 1.165) is 25.9 Å². The molecule has 2 atom stereocenters. The lowest BCUT2D eigenvalue weighted by Gasteiger charge is -2.29. The molecule has 15 heavy (non-hydrogen) atoms. The molecule has 1 aromatic carbocycles. The molecule has 0 saturated carbocycles. The molecule has 2 unspecified atom stereocenters. The minimum Gasteiger partial charge on any atom is -0.327 e. The first kappa shape index (κ1) is 10.7. The van der Waals surface area contributed by atoms with Gasteiger partial charge < -0.3 is 11.1 Å². The fourth-order valence-corrected chi connectivity index (χ4v) is 2.19. The van der Waals surface area contributed by atoms with Crippen LogP contribution in [0.25, 0.3) is 0 Å². The second-order valence-electron chi connectivity index (χ2n) is 4.61. The van der Waals surface area contributed by atoms with E-state index >= 15 is 0 Å². The zero-order chi connectivity index (χ0) is 10.7. The summed E-state index contributed by atoms with van der Waals surface area (Å²) in [4.78, 5) is 0. The lowest BCUT2D eigenvalue weighted by molar-refractivity contribution is 0.324. The van der Waals surface area contributed by atoms with Crippen LogP contribution in [0.4, 0.5) is 0 Å². The number of nitrogens with two attached hydrogens (primary N) is 1. The van der Waals surface area contributed by atoms with Crippen molar-refractivity contribution in [1.29, 1.82) is 0 Å². The van der Waals surface area contributed by atoms with Gasteiger partial charge in [0, 0.05) is 6.04 Å². The van der Waals surface area contributed by atoms with Gasteiger partial charge in [0.25, 0.3) is 0 Å². The number of rotatable bonds is 2. The Morgan fingerprint density at radius 2 is 2.07 bits per heavy atom. The highest BCUT2D eigenvalue weighted by molar-refractivity contribution is 5.22. The predicted molar refractivity (Wildman–Crippen MR) is 63.8 cm³/mol. The highest BCUT2D eigenvalue weighted by Crippen LogP contribution is 2.16. The SMILES string of the molecule is Cc1ccc(CC2CNCCC2N)cc1. The molecule has 2 nitrogen and oxygen atoms in total. The standard InChI is InChI=1S/C13H20N2/c1-10-2-4-11(5-3-10)8-12-9-15-7-6-13(12)14/h2-5,12-13,15H,6-9,14H2,1H3. The van der Waals surface area contributed by atoms with E-state index in [9.17, 15) is 0 Å². The summed E-state index contributed by atoms with van der Waals surface area (Å²) in [5.41, 5.74) is 8.85. The van der Waals surface area contributed by atoms with Crippen molar-refractivity contribution < 1.29 is 0 Å². The van der Waals surface area contributed by atoms with Gasteiger partial charge in [-0.3, -0.25) is 0 Å². The van der Waals surface area contributed by atoms with Crippen LogP contribution in [-0.4, -0.2) is 19.1 Å². The van der Waals surface area contributed by atoms with E-state index in [1.54, 1.807) is 0 Å². The fourth-order valence-electron chi connectivity index (χ4n) is 2.19. The molecule has 3 N–H and O–H groups in total. The molecule has 1 saturated heterocycles. The predicted octanol–water partition coefficient (Wildman–Crippen LogP) is 1.47. The molecule has 1 aliphatic rings. The minimum atomic E-state index is 0.368. The smallest absolute Gasteiger partial charge is 0.00945 e. The minimum absolute atomic E-state index is 0.368. The van der Waals surface area contributed by atoms with Gasteiger partial charge in [-0.15, -0.1) is 0 Å². The highest BCUT2D eigenvalue weighted by Gasteiger charge is 2.21. The summed E-state index contributed by atoms with van der Waals surface area (Å²) in [6, 6.07) is 9.16. The molecule has 1 aromatic rings. The summed E-state index contributed by atoms with van der Waals surface area (Å²) in [7, 11) is 0.